The maximum atomic E-state index is 12.8. The smallest absolute Gasteiger partial charge is 0.343 e. The number of hydrogen-bond acceptors (Lipinski definition) is 5. The molecule has 0 unspecified atom stereocenters. The van der Waals surface area contributed by atoms with Gasteiger partial charge in [-0.25, -0.2) is 4.79 Å². The van der Waals surface area contributed by atoms with Crippen molar-refractivity contribution in [3.8, 4) is 17.2 Å². The van der Waals surface area contributed by atoms with Crippen molar-refractivity contribution in [3.63, 3.8) is 0 Å². The molecule has 0 atom stereocenters. The molecular weight excluding hydrogens is 368 g/mol. The average molecular weight is 386 g/mol. The van der Waals surface area contributed by atoms with E-state index in [1.165, 1.54) is 0 Å². The predicted molar refractivity (Wildman–Crippen MR) is 109 cm³/mol. The molecule has 0 aliphatic carbocycles. The Kier molecular flexibility index (Phi) is 4.87. The number of para-hydroxylation sites is 1. The van der Waals surface area contributed by atoms with Gasteiger partial charge in [0.1, 0.15) is 17.2 Å². The number of esters is 1. The molecule has 144 valence electrons. The van der Waals surface area contributed by atoms with E-state index in [9.17, 15) is 9.59 Å². The predicted octanol–water partition coefficient (Wildman–Crippen LogP) is 4.84. The second kappa shape index (κ2) is 7.64. The zero-order chi connectivity index (χ0) is 20.4. The number of methoxy groups -OCH3 is 1. The van der Waals surface area contributed by atoms with E-state index in [2.05, 4.69) is 0 Å². The Balaban J connectivity index is 1.64. The number of fused-ring (bicyclic) bond motifs is 1. The number of hydrogen-bond donors (Lipinski definition) is 0. The minimum absolute atomic E-state index is 0.194. The second-order valence-corrected chi connectivity index (χ2v) is 6.50. The first kappa shape index (κ1) is 18.5. The zero-order valence-electron chi connectivity index (χ0n) is 16.0. The summed E-state index contributed by atoms with van der Waals surface area (Å²) in [6.45, 7) is 1.76. The number of Topliss-reactive ketones (excluding diaryl/α,β-unsaturated/α-hetero) is 1. The SMILES string of the molecule is COc1ccccc1/C=C1\Oc2c(ccc(OC(=O)c3ccccc3)c2C)C1=O. The second-order valence-electron chi connectivity index (χ2n) is 6.50. The van der Waals surface area contributed by atoms with Gasteiger partial charge in [-0.15, -0.1) is 0 Å². The Morgan fingerprint density at radius 2 is 1.66 bits per heavy atom. The van der Waals surface area contributed by atoms with E-state index in [0.29, 0.717) is 33.9 Å². The molecule has 0 amide bonds. The summed E-state index contributed by atoms with van der Waals surface area (Å²) in [6.07, 6.45) is 1.65. The quantitative estimate of drug-likeness (QED) is 0.365. The largest absolute Gasteiger partial charge is 0.496 e. The van der Waals surface area contributed by atoms with E-state index < -0.39 is 5.97 Å². The van der Waals surface area contributed by atoms with Crippen LogP contribution in [0.4, 0.5) is 0 Å². The fourth-order valence-electron chi connectivity index (χ4n) is 3.14. The normalized spacial score (nSPS) is 13.7. The third-order valence-corrected chi connectivity index (χ3v) is 4.67. The van der Waals surface area contributed by atoms with Gasteiger partial charge in [-0.3, -0.25) is 4.79 Å². The van der Waals surface area contributed by atoms with Gasteiger partial charge < -0.3 is 14.2 Å². The third kappa shape index (κ3) is 3.50. The van der Waals surface area contributed by atoms with Gasteiger partial charge in [0.15, 0.2) is 5.76 Å². The van der Waals surface area contributed by atoms with E-state index >= 15 is 0 Å². The molecule has 0 N–H and O–H groups in total. The van der Waals surface area contributed by atoms with E-state index in [-0.39, 0.29) is 11.5 Å². The number of rotatable bonds is 4. The van der Waals surface area contributed by atoms with Crippen LogP contribution in [0.3, 0.4) is 0 Å². The molecule has 0 saturated carbocycles. The molecule has 0 bridgehead atoms. The van der Waals surface area contributed by atoms with Crippen LogP contribution in [-0.2, 0) is 0 Å². The van der Waals surface area contributed by atoms with Crippen molar-refractivity contribution in [2.24, 2.45) is 0 Å². The lowest BCUT2D eigenvalue weighted by molar-refractivity contribution is 0.0733. The highest BCUT2D eigenvalue weighted by atomic mass is 16.5. The molecular formula is C24H18O5. The van der Waals surface area contributed by atoms with Crippen LogP contribution in [0, 0.1) is 6.92 Å². The van der Waals surface area contributed by atoms with Gasteiger partial charge in [0.05, 0.1) is 18.2 Å². The molecule has 5 heteroatoms. The van der Waals surface area contributed by atoms with Crippen LogP contribution in [0.25, 0.3) is 6.08 Å². The Morgan fingerprint density at radius 3 is 2.41 bits per heavy atom. The van der Waals surface area contributed by atoms with Gasteiger partial charge in [-0.2, -0.15) is 0 Å². The van der Waals surface area contributed by atoms with Crippen LogP contribution in [0.5, 0.6) is 17.2 Å². The molecule has 1 aliphatic heterocycles. The first-order chi connectivity index (χ1) is 14.1. The minimum atomic E-state index is -0.470. The molecule has 4 rings (SSSR count). The fraction of sp³-hybridized carbons (Fsp3) is 0.0833. The third-order valence-electron chi connectivity index (χ3n) is 4.67. The first-order valence-electron chi connectivity index (χ1n) is 9.06. The molecule has 0 aromatic heterocycles. The fourth-order valence-corrected chi connectivity index (χ4v) is 3.14. The summed E-state index contributed by atoms with van der Waals surface area (Å²) in [5.74, 6) is 0.886. The minimum Gasteiger partial charge on any atom is -0.496 e. The summed E-state index contributed by atoms with van der Waals surface area (Å²) >= 11 is 0. The monoisotopic (exact) mass is 386 g/mol. The van der Waals surface area contributed by atoms with Gasteiger partial charge in [0.25, 0.3) is 0 Å². The molecule has 5 nitrogen and oxygen atoms in total. The molecule has 0 spiro atoms. The first-order valence-corrected chi connectivity index (χ1v) is 9.06. The molecule has 3 aromatic rings. The molecule has 3 aromatic carbocycles. The van der Waals surface area contributed by atoms with Gasteiger partial charge in [-0.1, -0.05) is 36.4 Å². The Morgan fingerprint density at radius 1 is 0.931 bits per heavy atom. The van der Waals surface area contributed by atoms with E-state index in [1.54, 1.807) is 56.5 Å². The summed E-state index contributed by atoms with van der Waals surface area (Å²) in [6, 6.07) is 19.3. The van der Waals surface area contributed by atoms with Crippen LogP contribution in [-0.4, -0.2) is 18.9 Å². The van der Waals surface area contributed by atoms with Crippen molar-refractivity contribution in [2.75, 3.05) is 7.11 Å². The summed E-state index contributed by atoms with van der Waals surface area (Å²) in [5, 5.41) is 0. The lowest BCUT2D eigenvalue weighted by Gasteiger charge is -2.10. The summed E-state index contributed by atoms with van der Waals surface area (Å²) in [4.78, 5) is 25.1. The maximum absolute atomic E-state index is 12.8. The highest BCUT2D eigenvalue weighted by molar-refractivity contribution is 6.15. The van der Waals surface area contributed by atoms with Crippen LogP contribution in [0.1, 0.15) is 31.8 Å². The van der Waals surface area contributed by atoms with Gasteiger partial charge in [0.2, 0.25) is 5.78 Å². The van der Waals surface area contributed by atoms with Crippen LogP contribution in [0.15, 0.2) is 72.5 Å². The van der Waals surface area contributed by atoms with Gasteiger partial charge in [-0.05, 0) is 43.3 Å². The standard InChI is InChI=1S/C24H18O5/c1-15-19(29-24(26)16-8-4-3-5-9-16)13-12-18-22(25)21(28-23(15)18)14-17-10-6-7-11-20(17)27-2/h3-14H,1-2H3/b21-14-. The summed E-state index contributed by atoms with van der Waals surface area (Å²) < 4.78 is 16.7. The Hall–Kier alpha value is -3.86. The summed E-state index contributed by atoms with van der Waals surface area (Å²) in [5.41, 5.74) is 2.20. The van der Waals surface area contributed by atoms with Crippen molar-refractivity contribution < 1.29 is 23.8 Å². The number of carbonyl (C=O) groups excluding carboxylic acids is 2. The highest BCUT2D eigenvalue weighted by Gasteiger charge is 2.30. The number of benzene rings is 3. The van der Waals surface area contributed by atoms with Crippen LogP contribution in [0.2, 0.25) is 0 Å². The van der Waals surface area contributed by atoms with Crippen LogP contribution < -0.4 is 14.2 Å². The van der Waals surface area contributed by atoms with Crippen molar-refractivity contribution in [1.29, 1.82) is 0 Å². The zero-order valence-corrected chi connectivity index (χ0v) is 16.0. The van der Waals surface area contributed by atoms with Crippen molar-refractivity contribution in [2.45, 2.75) is 6.92 Å². The molecule has 1 heterocycles. The van der Waals surface area contributed by atoms with E-state index in [4.69, 9.17) is 14.2 Å². The lowest BCUT2D eigenvalue weighted by atomic mass is 10.1. The molecule has 0 radical (unpaired) electrons. The maximum Gasteiger partial charge on any atom is 0.343 e. The number of ether oxygens (including phenoxy) is 3. The topological polar surface area (TPSA) is 61.8 Å². The van der Waals surface area contributed by atoms with Crippen LogP contribution >= 0.6 is 0 Å². The van der Waals surface area contributed by atoms with E-state index in [1.807, 2.05) is 30.3 Å². The van der Waals surface area contributed by atoms with Crippen molar-refractivity contribution in [3.05, 3.63) is 94.7 Å². The van der Waals surface area contributed by atoms with Gasteiger partial charge in [0, 0.05) is 11.1 Å². The average Bonchev–Trinajstić information content (AvgIpc) is 3.07. The summed E-state index contributed by atoms with van der Waals surface area (Å²) in [7, 11) is 1.57. The Bertz CT molecular complexity index is 1130. The van der Waals surface area contributed by atoms with Crippen molar-refractivity contribution in [1.82, 2.24) is 0 Å². The highest BCUT2D eigenvalue weighted by Crippen LogP contribution is 2.40. The molecule has 0 saturated heterocycles. The number of carbonyl (C=O) groups is 2. The van der Waals surface area contributed by atoms with E-state index in [0.717, 1.165) is 5.56 Å². The molecule has 0 fully saturated rings. The van der Waals surface area contributed by atoms with Gasteiger partial charge >= 0.3 is 5.97 Å². The number of allylic oxidation sites excluding steroid dienone is 1. The van der Waals surface area contributed by atoms with Crippen molar-refractivity contribution >= 4 is 17.8 Å². The number of ketones is 1. The molecule has 1 aliphatic rings. The molecule has 29 heavy (non-hydrogen) atoms. The Labute approximate surface area is 168 Å². The lowest BCUT2D eigenvalue weighted by Crippen LogP contribution is -2.09.